The van der Waals surface area contributed by atoms with Crippen LogP contribution in [0, 0.1) is 26.7 Å². The molecule has 0 aliphatic carbocycles. The number of nitrogens with zero attached hydrogens (tertiary/aromatic N) is 5. The van der Waals surface area contributed by atoms with Crippen LogP contribution in [0.5, 0.6) is 0 Å². The fraction of sp³-hybridized carbons (Fsp3) is 0.429. The van der Waals surface area contributed by atoms with Crippen LogP contribution in [-0.2, 0) is 0 Å². The number of hydrogen-bond donors (Lipinski definition) is 0. The third-order valence-electron chi connectivity index (χ3n) is 5.33. The minimum absolute atomic E-state index is 0.0516. The van der Waals surface area contributed by atoms with Crippen LogP contribution in [0.25, 0.3) is 17.2 Å². The number of aryl methyl sites for hydroxylation is 2. The molecule has 4 rings (SSSR count). The molecule has 146 valence electrons. The van der Waals surface area contributed by atoms with E-state index >= 15 is 0 Å². The van der Waals surface area contributed by atoms with E-state index in [9.17, 15) is 4.79 Å². The van der Waals surface area contributed by atoms with E-state index in [2.05, 4.69) is 36.9 Å². The summed E-state index contributed by atoms with van der Waals surface area (Å²) in [4.78, 5) is 26.5. The molecule has 1 aliphatic rings. The molecule has 1 saturated heterocycles. The average molecular weight is 396 g/mol. The number of carbonyl (C=O) groups excluding carboxylic acids is 1. The van der Waals surface area contributed by atoms with Crippen molar-refractivity contribution in [3.8, 4) is 17.2 Å². The van der Waals surface area contributed by atoms with Gasteiger partial charge in [0.2, 0.25) is 0 Å². The van der Waals surface area contributed by atoms with Gasteiger partial charge in [0, 0.05) is 34.6 Å². The summed E-state index contributed by atoms with van der Waals surface area (Å²) in [6.07, 6.45) is 5.64. The van der Waals surface area contributed by atoms with E-state index in [1.54, 1.807) is 28.4 Å². The van der Waals surface area contributed by atoms with Gasteiger partial charge in [0.05, 0.1) is 23.1 Å². The number of amides is 1. The van der Waals surface area contributed by atoms with Crippen LogP contribution >= 0.6 is 11.3 Å². The van der Waals surface area contributed by atoms with Crippen molar-refractivity contribution in [1.29, 1.82) is 0 Å². The number of piperidine rings is 1. The summed E-state index contributed by atoms with van der Waals surface area (Å²) in [6.45, 7) is 9.93. The second-order valence-electron chi connectivity index (χ2n) is 7.62. The molecule has 1 aliphatic heterocycles. The molecular formula is C21H25N5OS. The highest BCUT2D eigenvalue weighted by Gasteiger charge is 2.25. The number of likely N-dealkylation sites (tertiary alicyclic amines) is 1. The molecule has 0 radical (unpaired) electrons. The molecule has 4 heterocycles. The van der Waals surface area contributed by atoms with Crippen LogP contribution in [0.2, 0.25) is 0 Å². The Morgan fingerprint density at radius 3 is 2.82 bits per heavy atom. The van der Waals surface area contributed by atoms with Crippen LogP contribution in [0.15, 0.2) is 24.5 Å². The first-order valence-corrected chi connectivity index (χ1v) is 10.5. The predicted octanol–water partition coefficient (Wildman–Crippen LogP) is 4.19. The van der Waals surface area contributed by atoms with Crippen LogP contribution < -0.4 is 0 Å². The van der Waals surface area contributed by atoms with E-state index in [1.165, 1.54) is 16.2 Å². The zero-order valence-corrected chi connectivity index (χ0v) is 17.6. The summed E-state index contributed by atoms with van der Waals surface area (Å²) < 4.78 is 1.67. The van der Waals surface area contributed by atoms with Gasteiger partial charge in [0.25, 0.3) is 11.9 Å². The van der Waals surface area contributed by atoms with Gasteiger partial charge < -0.3 is 4.90 Å². The Balaban J connectivity index is 1.65. The molecular weight excluding hydrogens is 370 g/mol. The minimum Gasteiger partial charge on any atom is -0.338 e. The number of carbonyl (C=O) groups is 1. The molecule has 0 bridgehead atoms. The van der Waals surface area contributed by atoms with Crippen molar-refractivity contribution in [3.05, 3.63) is 45.5 Å². The zero-order valence-electron chi connectivity index (χ0n) is 16.8. The molecule has 1 atom stereocenters. The van der Waals surface area contributed by atoms with Gasteiger partial charge in [-0.2, -0.15) is 5.10 Å². The molecule has 3 aromatic heterocycles. The average Bonchev–Trinajstić information content (AvgIpc) is 3.23. The smallest absolute Gasteiger partial charge is 0.257 e. The molecule has 28 heavy (non-hydrogen) atoms. The Kier molecular flexibility index (Phi) is 5.02. The predicted molar refractivity (Wildman–Crippen MR) is 111 cm³/mol. The molecule has 0 spiro atoms. The van der Waals surface area contributed by atoms with Crippen molar-refractivity contribution in [1.82, 2.24) is 24.6 Å². The van der Waals surface area contributed by atoms with Crippen LogP contribution in [0.3, 0.4) is 0 Å². The molecule has 0 aromatic carbocycles. The van der Waals surface area contributed by atoms with Gasteiger partial charge in [-0.05, 0) is 51.7 Å². The van der Waals surface area contributed by atoms with Crippen LogP contribution in [0.1, 0.15) is 45.6 Å². The fourth-order valence-electron chi connectivity index (χ4n) is 3.85. The van der Waals surface area contributed by atoms with Crippen LogP contribution in [-0.4, -0.2) is 43.6 Å². The fourth-order valence-corrected chi connectivity index (χ4v) is 4.78. The number of thiophene rings is 1. The number of rotatable bonds is 3. The first kappa shape index (κ1) is 18.8. The van der Waals surface area contributed by atoms with E-state index in [0.29, 0.717) is 17.4 Å². The third-order valence-corrected chi connectivity index (χ3v) is 6.30. The molecule has 1 unspecified atom stereocenters. The number of hydrogen-bond acceptors (Lipinski definition) is 5. The summed E-state index contributed by atoms with van der Waals surface area (Å²) >= 11 is 1.76. The van der Waals surface area contributed by atoms with E-state index in [0.717, 1.165) is 36.5 Å². The SMILES string of the molecule is Cc1cc(-c2ccnc(-n3ncc(C(=O)N4CCCC(C)C4)c3C)n2)c(C)s1. The Hall–Kier alpha value is -2.54. The highest BCUT2D eigenvalue weighted by molar-refractivity contribution is 7.12. The van der Waals surface area contributed by atoms with Gasteiger partial charge in [0.15, 0.2) is 0 Å². The minimum atomic E-state index is 0.0516. The summed E-state index contributed by atoms with van der Waals surface area (Å²) in [5, 5.41) is 4.43. The van der Waals surface area contributed by atoms with E-state index < -0.39 is 0 Å². The van der Waals surface area contributed by atoms with Gasteiger partial charge in [-0.15, -0.1) is 11.3 Å². The van der Waals surface area contributed by atoms with Crippen LogP contribution in [0.4, 0.5) is 0 Å². The largest absolute Gasteiger partial charge is 0.338 e. The van der Waals surface area contributed by atoms with Gasteiger partial charge in [-0.1, -0.05) is 6.92 Å². The quantitative estimate of drug-likeness (QED) is 0.667. The summed E-state index contributed by atoms with van der Waals surface area (Å²) in [6, 6.07) is 4.06. The van der Waals surface area contributed by atoms with Gasteiger partial charge in [-0.25, -0.2) is 14.6 Å². The summed E-state index contributed by atoms with van der Waals surface area (Å²) in [5.74, 6) is 1.09. The molecule has 1 fully saturated rings. The normalized spacial score (nSPS) is 17.1. The third kappa shape index (κ3) is 3.46. The maximum Gasteiger partial charge on any atom is 0.257 e. The van der Waals surface area contributed by atoms with Gasteiger partial charge in [-0.3, -0.25) is 4.79 Å². The maximum atomic E-state index is 13.0. The molecule has 1 amide bonds. The topological polar surface area (TPSA) is 63.9 Å². The monoisotopic (exact) mass is 395 g/mol. The van der Waals surface area contributed by atoms with E-state index in [4.69, 9.17) is 4.98 Å². The Labute approximate surface area is 169 Å². The van der Waals surface area contributed by atoms with E-state index in [1.807, 2.05) is 17.9 Å². The lowest BCUT2D eigenvalue weighted by Gasteiger charge is -2.30. The summed E-state index contributed by atoms with van der Waals surface area (Å²) in [5.41, 5.74) is 3.40. The highest BCUT2D eigenvalue weighted by atomic mass is 32.1. The Morgan fingerprint density at radius 1 is 1.29 bits per heavy atom. The first-order valence-electron chi connectivity index (χ1n) is 9.68. The van der Waals surface area contributed by atoms with Gasteiger partial charge >= 0.3 is 0 Å². The second kappa shape index (κ2) is 7.47. The van der Waals surface area contributed by atoms with Crippen molar-refractivity contribution in [2.75, 3.05) is 13.1 Å². The second-order valence-corrected chi connectivity index (χ2v) is 9.08. The van der Waals surface area contributed by atoms with Crippen molar-refractivity contribution >= 4 is 17.2 Å². The maximum absolute atomic E-state index is 13.0. The Morgan fingerprint density at radius 2 is 2.11 bits per heavy atom. The molecule has 3 aromatic rings. The molecule has 6 nitrogen and oxygen atoms in total. The van der Waals surface area contributed by atoms with Crippen molar-refractivity contribution in [2.45, 2.75) is 40.5 Å². The molecule has 7 heteroatoms. The van der Waals surface area contributed by atoms with Crippen molar-refractivity contribution in [2.24, 2.45) is 5.92 Å². The number of aromatic nitrogens is 4. The van der Waals surface area contributed by atoms with E-state index in [-0.39, 0.29) is 5.91 Å². The Bertz CT molecular complexity index is 1020. The van der Waals surface area contributed by atoms with Gasteiger partial charge in [0.1, 0.15) is 0 Å². The highest BCUT2D eigenvalue weighted by Crippen LogP contribution is 2.29. The molecule has 0 saturated carbocycles. The lowest BCUT2D eigenvalue weighted by Crippen LogP contribution is -2.39. The lowest BCUT2D eigenvalue weighted by atomic mass is 9.99. The lowest BCUT2D eigenvalue weighted by molar-refractivity contribution is 0.0682. The summed E-state index contributed by atoms with van der Waals surface area (Å²) in [7, 11) is 0. The zero-order chi connectivity index (χ0) is 19.8. The molecule has 0 N–H and O–H groups in total. The standard InChI is InChI=1S/C21H25N5OS/c1-13-6-5-9-25(12-13)20(27)18-11-23-26(15(18)3)21-22-8-7-19(24-21)17-10-14(2)28-16(17)4/h7-8,10-11,13H,5-6,9,12H2,1-4H3. The van der Waals surface area contributed by atoms with Crippen molar-refractivity contribution < 1.29 is 4.79 Å². The van der Waals surface area contributed by atoms with Crippen molar-refractivity contribution in [3.63, 3.8) is 0 Å². The first-order chi connectivity index (χ1) is 13.4.